The Labute approximate surface area is 164 Å². The summed E-state index contributed by atoms with van der Waals surface area (Å²) in [6.45, 7) is 3.35. The van der Waals surface area contributed by atoms with Crippen molar-refractivity contribution >= 4 is 48.5 Å². The zero-order chi connectivity index (χ0) is 18.1. The Balaban J connectivity index is 1.73. The molecule has 0 bridgehead atoms. The van der Waals surface area contributed by atoms with Gasteiger partial charge in [-0.05, 0) is 59.0 Å². The first kappa shape index (κ1) is 17.7. The monoisotopic (exact) mass is 434 g/mol. The third-order valence-electron chi connectivity index (χ3n) is 4.54. The average Bonchev–Trinajstić information content (AvgIpc) is 3.38. The number of carbonyl (C=O) groups excluding carboxylic acids is 1. The topological polar surface area (TPSA) is 55.6 Å². The van der Waals surface area contributed by atoms with Crippen LogP contribution in [-0.2, 0) is 11.2 Å². The number of fused-ring (bicyclic) bond motifs is 1. The van der Waals surface area contributed by atoms with E-state index >= 15 is 0 Å². The minimum Gasteiger partial charge on any atom is -0.444 e. The van der Waals surface area contributed by atoms with E-state index in [1.807, 2.05) is 12.1 Å². The lowest BCUT2D eigenvalue weighted by Crippen LogP contribution is -2.37. The van der Waals surface area contributed by atoms with Gasteiger partial charge in [0.25, 0.3) is 5.91 Å². The van der Waals surface area contributed by atoms with Crippen LogP contribution in [0.2, 0.25) is 0 Å². The van der Waals surface area contributed by atoms with Gasteiger partial charge in [-0.15, -0.1) is 0 Å². The molecule has 1 aliphatic heterocycles. The van der Waals surface area contributed by atoms with Crippen LogP contribution in [0, 0.1) is 0 Å². The highest BCUT2D eigenvalue weighted by Gasteiger charge is 2.28. The molecule has 1 aromatic carbocycles. The average molecular weight is 435 g/mol. The second kappa shape index (κ2) is 7.50. The van der Waals surface area contributed by atoms with Crippen LogP contribution in [0.5, 0.6) is 0 Å². The molecule has 2 aromatic heterocycles. The molecule has 1 fully saturated rings. The summed E-state index contributed by atoms with van der Waals surface area (Å²) in [5, 5.41) is 0.689. The van der Waals surface area contributed by atoms with Crippen LogP contribution in [0.1, 0.15) is 35.9 Å². The standard InChI is InChI=1S/C19H19BrN2O3S/c1-2-12-5-3-7-15-17(12)21-19(26-15)22(11-13-6-4-10-24-13)18(23)14-8-9-16(20)25-14/h3,5,7-9,13H,2,4,6,10-11H2,1H3. The molecule has 0 N–H and O–H groups in total. The van der Waals surface area contributed by atoms with E-state index in [1.165, 1.54) is 16.9 Å². The Morgan fingerprint density at radius 3 is 2.96 bits per heavy atom. The molecule has 0 aliphatic carbocycles. The molecule has 3 aromatic rings. The molecule has 26 heavy (non-hydrogen) atoms. The number of nitrogens with zero attached hydrogens (tertiary/aromatic N) is 2. The number of amides is 1. The highest BCUT2D eigenvalue weighted by atomic mass is 79.9. The molecule has 7 heteroatoms. The summed E-state index contributed by atoms with van der Waals surface area (Å²) >= 11 is 4.80. The SMILES string of the molecule is CCc1cccc2sc(N(CC3CCCO3)C(=O)c3ccc(Br)o3)nc12. The molecule has 0 radical (unpaired) electrons. The first-order valence-electron chi connectivity index (χ1n) is 8.73. The highest BCUT2D eigenvalue weighted by Crippen LogP contribution is 2.33. The number of hydrogen-bond donors (Lipinski definition) is 0. The van der Waals surface area contributed by atoms with Crippen molar-refractivity contribution in [1.29, 1.82) is 0 Å². The summed E-state index contributed by atoms with van der Waals surface area (Å²) in [6, 6.07) is 9.58. The number of carbonyl (C=O) groups is 1. The molecule has 1 saturated heterocycles. The van der Waals surface area contributed by atoms with Crippen molar-refractivity contribution in [1.82, 2.24) is 4.98 Å². The molecule has 136 valence electrons. The lowest BCUT2D eigenvalue weighted by molar-refractivity contribution is 0.0894. The number of furan rings is 1. The molecule has 1 unspecified atom stereocenters. The van der Waals surface area contributed by atoms with Crippen LogP contribution in [-0.4, -0.2) is 30.1 Å². The van der Waals surface area contributed by atoms with Crippen molar-refractivity contribution in [3.63, 3.8) is 0 Å². The van der Waals surface area contributed by atoms with E-state index in [1.54, 1.807) is 17.0 Å². The third kappa shape index (κ3) is 3.43. The van der Waals surface area contributed by atoms with E-state index in [4.69, 9.17) is 14.1 Å². The van der Waals surface area contributed by atoms with Crippen LogP contribution in [0.25, 0.3) is 10.2 Å². The summed E-state index contributed by atoms with van der Waals surface area (Å²) in [7, 11) is 0. The molecule has 4 rings (SSSR count). The number of aryl methyl sites for hydroxylation is 1. The number of ether oxygens (including phenoxy) is 1. The van der Waals surface area contributed by atoms with Gasteiger partial charge in [-0.3, -0.25) is 9.69 Å². The smallest absolute Gasteiger partial charge is 0.295 e. The Hall–Kier alpha value is -1.70. The van der Waals surface area contributed by atoms with Crippen molar-refractivity contribution in [3.8, 4) is 0 Å². The van der Waals surface area contributed by atoms with Gasteiger partial charge in [0, 0.05) is 6.61 Å². The Bertz CT molecular complexity index is 930. The fourth-order valence-electron chi connectivity index (χ4n) is 3.20. The predicted octanol–water partition coefficient (Wildman–Crippen LogP) is 5.04. The number of para-hydroxylation sites is 1. The Morgan fingerprint density at radius 2 is 2.27 bits per heavy atom. The molecule has 1 aliphatic rings. The van der Waals surface area contributed by atoms with Crippen LogP contribution in [0.15, 0.2) is 39.4 Å². The van der Waals surface area contributed by atoms with Gasteiger partial charge < -0.3 is 9.15 Å². The van der Waals surface area contributed by atoms with Crippen molar-refractivity contribution < 1.29 is 13.9 Å². The molecule has 1 atom stereocenters. The summed E-state index contributed by atoms with van der Waals surface area (Å²) in [4.78, 5) is 19.6. The quantitative estimate of drug-likeness (QED) is 0.564. The zero-order valence-corrected chi connectivity index (χ0v) is 16.8. The van der Waals surface area contributed by atoms with Gasteiger partial charge in [-0.1, -0.05) is 30.4 Å². The maximum absolute atomic E-state index is 13.1. The fourth-order valence-corrected chi connectivity index (χ4v) is 4.52. The number of thiazole rings is 1. The minimum atomic E-state index is -0.191. The van der Waals surface area contributed by atoms with Crippen molar-refractivity contribution in [2.75, 3.05) is 18.1 Å². The summed E-state index contributed by atoms with van der Waals surface area (Å²) in [5.41, 5.74) is 2.16. The summed E-state index contributed by atoms with van der Waals surface area (Å²) in [5.74, 6) is 0.105. The van der Waals surface area contributed by atoms with E-state index in [2.05, 4.69) is 28.9 Å². The number of aromatic nitrogens is 1. The van der Waals surface area contributed by atoms with Crippen LogP contribution in [0.4, 0.5) is 5.13 Å². The maximum Gasteiger partial charge on any atom is 0.295 e. The second-order valence-corrected chi connectivity index (χ2v) is 8.06. The van der Waals surface area contributed by atoms with E-state index in [0.717, 1.165) is 36.1 Å². The van der Waals surface area contributed by atoms with Gasteiger partial charge in [-0.2, -0.15) is 0 Å². The number of hydrogen-bond acceptors (Lipinski definition) is 5. The van der Waals surface area contributed by atoms with Crippen molar-refractivity contribution in [2.45, 2.75) is 32.3 Å². The van der Waals surface area contributed by atoms with Crippen molar-refractivity contribution in [3.05, 3.63) is 46.3 Å². The van der Waals surface area contributed by atoms with Gasteiger partial charge in [0.1, 0.15) is 0 Å². The molecule has 3 heterocycles. The normalized spacial score (nSPS) is 17.1. The third-order valence-corrected chi connectivity index (χ3v) is 6.01. The second-order valence-electron chi connectivity index (χ2n) is 6.27. The lowest BCUT2D eigenvalue weighted by Gasteiger charge is -2.22. The summed E-state index contributed by atoms with van der Waals surface area (Å²) < 4.78 is 12.9. The highest BCUT2D eigenvalue weighted by molar-refractivity contribution is 9.10. The number of anilines is 1. The van der Waals surface area contributed by atoms with E-state index in [9.17, 15) is 4.79 Å². The largest absolute Gasteiger partial charge is 0.444 e. The zero-order valence-electron chi connectivity index (χ0n) is 14.4. The van der Waals surface area contributed by atoms with Gasteiger partial charge in [-0.25, -0.2) is 4.98 Å². The fraction of sp³-hybridized carbons (Fsp3) is 0.368. The van der Waals surface area contributed by atoms with Crippen molar-refractivity contribution in [2.24, 2.45) is 0 Å². The first-order chi connectivity index (χ1) is 12.7. The number of benzene rings is 1. The molecule has 0 saturated carbocycles. The lowest BCUT2D eigenvalue weighted by atomic mass is 10.1. The van der Waals surface area contributed by atoms with Crippen LogP contribution in [0.3, 0.4) is 0 Å². The summed E-state index contributed by atoms with van der Waals surface area (Å²) in [6.07, 6.45) is 2.93. The first-order valence-corrected chi connectivity index (χ1v) is 10.3. The molecule has 1 amide bonds. The van der Waals surface area contributed by atoms with Gasteiger partial charge in [0.05, 0.1) is 22.9 Å². The van der Waals surface area contributed by atoms with E-state index in [-0.39, 0.29) is 12.0 Å². The van der Waals surface area contributed by atoms with E-state index in [0.29, 0.717) is 22.1 Å². The van der Waals surface area contributed by atoms with E-state index < -0.39 is 0 Å². The predicted molar refractivity (Wildman–Crippen MR) is 106 cm³/mol. The maximum atomic E-state index is 13.1. The van der Waals surface area contributed by atoms with Gasteiger partial charge in [0.15, 0.2) is 15.6 Å². The van der Waals surface area contributed by atoms with Gasteiger partial charge in [0.2, 0.25) is 0 Å². The molecule has 0 spiro atoms. The number of rotatable bonds is 5. The van der Waals surface area contributed by atoms with Crippen LogP contribution < -0.4 is 4.90 Å². The molecular weight excluding hydrogens is 416 g/mol. The Kier molecular flexibility index (Phi) is 5.11. The molecular formula is C19H19BrN2O3S. The Morgan fingerprint density at radius 1 is 1.38 bits per heavy atom. The van der Waals surface area contributed by atoms with Gasteiger partial charge >= 0.3 is 0 Å². The molecule has 5 nitrogen and oxygen atoms in total. The minimum absolute atomic E-state index is 0.0370. The number of halogens is 1. The van der Waals surface area contributed by atoms with Crippen LogP contribution >= 0.6 is 27.3 Å².